The fourth-order valence-corrected chi connectivity index (χ4v) is 2.61. The van der Waals surface area contributed by atoms with Gasteiger partial charge in [-0.1, -0.05) is 45.7 Å². The smallest absolute Gasteiger partial charge is 0.0830 e. The third-order valence-corrected chi connectivity index (χ3v) is 4.37. The van der Waals surface area contributed by atoms with Crippen LogP contribution < -0.4 is 0 Å². The first-order valence-electron chi connectivity index (χ1n) is 5.44. The monoisotopic (exact) mass is 388 g/mol. The van der Waals surface area contributed by atoms with Crippen LogP contribution in [-0.4, -0.2) is 5.11 Å². The molecule has 0 aliphatic heterocycles. The van der Waals surface area contributed by atoms with Gasteiger partial charge < -0.3 is 5.11 Å². The van der Waals surface area contributed by atoms with E-state index < -0.39 is 6.10 Å². The summed E-state index contributed by atoms with van der Waals surface area (Å²) in [5.74, 6) is 0. The Hall–Kier alpha value is -0.350. The van der Waals surface area contributed by atoms with Gasteiger partial charge in [-0.15, -0.1) is 0 Å². The largest absolute Gasteiger partial charge is 0.388 e. The predicted octanol–water partition coefficient (Wildman–Crippen LogP) is 5.14. The SMILES string of the molecule is OC(Cc1cccc(Br)c1)c1ccc(Br)c(Cl)c1. The molecule has 1 atom stereocenters. The molecule has 0 aliphatic carbocycles. The molecular formula is C14H11Br2ClO. The van der Waals surface area contributed by atoms with Crippen molar-refractivity contribution in [2.24, 2.45) is 0 Å². The van der Waals surface area contributed by atoms with E-state index in [9.17, 15) is 5.11 Å². The average molecular weight is 391 g/mol. The molecule has 0 bridgehead atoms. The van der Waals surface area contributed by atoms with Crippen molar-refractivity contribution in [2.45, 2.75) is 12.5 Å². The zero-order valence-corrected chi connectivity index (χ0v) is 13.3. The van der Waals surface area contributed by atoms with Gasteiger partial charge in [-0.25, -0.2) is 0 Å². The van der Waals surface area contributed by atoms with Crippen LogP contribution in [0.3, 0.4) is 0 Å². The molecule has 0 heterocycles. The standard InChI is InChI=1S/C14H11Br2ClO/c15-11-3-1-2-9(6-11)7-14(18)10-4-5-12(16)13(17)8-10/h1-6,8,14,18H,7H2. The van der Waals surface area contributed by atoms with E-state index in [-0.39, 0.29) is 0 Å². The minimum atomic E-state index is -0.551. The summed E-state index contributed by atoms with van der Waals surface area (Å²) in [6.45, 7) is 0. The molecule has 0 aliphatic rings. The summed E-state index contributed by atoms with van der Waals surface area (Å²) in [5.41, 5.74) is 1.90. The quantitative estimate of drug-likeness (QED) is 0.769. The van der Waals surface area contributed by atoms with Crippen LogP contribution in [0.25, 0.3) is 0 Å². The van der Waals surface area contributed by atoms with Gasteiger partial charge >= 0.3 is 0 Å². The molecule has 0 fully saturated rings. The predicted molar refractivity (Wildman–Crippen MR) is 82.0 cm³/mol. The third kappa shape index (κ3) is 3.58. The first-order valence-corrected chi connectivity index (χ1v) is 7.40. The second kappa shape index (κ2) is 6.20. The lowest BCUT2D eigenvalue weighted by Gasteiger charge is -2.12. The fraction of sp³-hybridized carbons (Fsp3) is 0.143. The summed E-state index contributed by atoms with van der Waals surface area (Å²) in [7, 11) is 0. The highest BCUT2D eigenvalue weighted by atomic mass is 79.9. The van der Waals surface area contributed by atoms with E-state index in [4.69, 9.17) is 11.6 Å². The van der Waals surface area contributed by atoms with Crippen molar-refractivity contribution < 1.29 is 5.11 Å². The fourth-order valence-electron chi connectivity index (χ4n) is 1.72. The lowest BCUT2D eigenvalue weighted by atomic mass is 10.0. The number of halogens is 3. The van der Waals surface area contributed by atoms with Crippen LogP contribution in [0.1, 0.15) is 17.2 Å². The molecule has 18 heavy (non-hydrogen) atoms. The summed E-state index contributed by atoms with van der Waals surface area (Å²) < 4.78 is 1.85. The van der Waals surface area contributed by atoms with E-state index in [0.717, 1.165) is 20.1 Å². The number of hydrogen-bond donors (Lipinski definition) is 1. The minimum Gasteiger partial charge on any atom is -0.388 e. The van der Waals surface area contributed by atoms with Crippen molar-refractivity contribution in [2.75, 3.05) is 0 Å². The maximum Gasteiger partial charge on any atom is 0.0830 e. The molecule has 2 aromatic carbocycles. The normalized spacial score (nSPS) is 12.4. The Morgan fingerprint density at radius 1 is 1.11 bits per heavy atom. The lowest BCUT2D eigenvalue weighted by molar-refractivity contribution is 0.178. The zero-order chi connectivity index (χ0) is 13.1. The van der Waals surface area contributed by atoms with Crippen LogP contribution in [0, 0.1) is 0 Å². The van der Waals surface area contributed by atoms with Gasteiger partial charge in [0.1, 0.15) is 0 Å². The van der Waals surface area contributed by atoms with Crippen molar-refractivity contribution in [3.8, 4) is 0 Å². The number of aliphatic hydroxyl groups is 1. The number of aliphatic hydroxyl groups excluding tert-OH is 1. The maximum atomic E-state index is 10.2. The molecule has 1 nitrogen and oxygen atoms in total. The van der Waals surface area contributed by atoms with Crippen LogP contribution in [0.5, 0.6) is 0 Å². The summed E-state index contributed by atoms with van der Waals surface area (Å²) in [6, 6.07) is 13.4. The molecule has 0 saturated carbocycles. The lowest BCUT2D eigenvalue weighted by Crippen LogP contribution is -2.01. The third-order valence-electron chi connectivity index (χ3n) is 2.65. The summed E-state index contributed by atoms with van der Waals surface area (Å²) >= 11 is 12.8. The zero-order valence-electron chi connectivity index (χ0n) is 9.41. The number of rotatable bonds is 3. The Balaban J connectivity index is 2.16. The van der Waals surface area contributed by atoms with Gasteiger partial charge in [-0.05, 0) is 51.3 Å². The Kier molecular flexibility index (Phi) is 4.84. The number of benzene rings is 2. The van der Waals surface area contributed by atoms with Gasteiger partial charge in [0.2, 0.25) is 0 Å². The maximum absolute atomic E-state index is 10.2. The highest BCUT2D eigenvalue weighted by molar-refractivity contribution is 9.10. The van der Waals surface area contributed by atoms with Crippen LogP contribution in [0.2, 0.25) is 5.02 Å². The Morgan fingerprint density at radius 3 is 2.56 bits per heavy atom. The summed E-state index contributed by atoms with van der Waals surface area (Å²) in [5, 5.41) is 10.8. The Bertz CT molecular complexity index is 557. The Morgan fingerprint density at radius 2 is 1.89 bits per heavy atom. The first-order chi connectivity index (χ1) is 8.56. The van der Waals surface area contributed by atoms with Crippen LogP contribution >= 0.6 is 43.5 Å². The molecule has 0 saturated heterocycles. The van der Waals surface area contributed by atoms with Gasteiger partial charge in [0, 0.05) is 15.4 Å². The molecule has 0 aromatic heterocycles. The summed E-state index contributed by atoms with van der Waals surface area (Å²) in [4.78, 5) is 0. The van der Waals surface area contributed by atoms with Crippen molar-refractivity contribution in [3.05, 3.63) is 67.6 Å². The van der Waals surface area contributed by atoms with Gasteiger partial charge in [0.25, 0.3) is 0 Å². The van der Waals surface area contributed by atoms with Crippen LogP contribution in [-0.2, 0) is 6.42 Å². The molecule has 1 unspecified atom stereocenters. The topological polar surface area (TPSA) is 20.2 Å². The van der Waals surface area contributed by atoms with E-state index in [0.29, 0.717) is 11.4 Å². The summed E-state index contributed by atoms with van der Waals surface area (Å²) in [6.07, 6.45) is 0.0158. The number of hydrogen-bond acceptors (Lipinski definition) is 1. The van der Waals surface area contributed by atoms with Crippen molar-refractivity contribution in [1.29, 1.82) is 0 Å². The van der Waals surface area contributed by atoms with Crippen molar-refractivity contribution >= 4 is 43.5 Å². The van der Waals surface area contributed by atoms with E-state index in [1.807, 2.05) is 36.4 Å². The van der Waals surface area contributed by atoms with Gasteiger partial charge in [0.05, 0.1) is 11.1 Å². The first kappa shape index (κ1) is 14.1. The minimum absolute atomic E-state index is 0.551. The Labute approximate surface area is 128 Å². The van der Waals surface area contributed by atoms with Gasteiger partial charge in [0.15, 0.2) is 0 Å². The van der Waals surface area contributed by atoms with Crippen LogP contribution in [0.15, 0.2) is 51.4 Å². The van der Waals surface area contributed by atoms with E-state index >= 15 is 0 Å². The highest BCUT2D eigenvalue weighted by Gasteiger charge is 2.10. The highest BCUT2D eigenvalue weighted by Crippen LogP contribution is 2.27. The molecule has 1 N–H and O–H groups in total. The molecule has 0 radical (unpaired) electrons. The van der Waals surface area contributed by atoms with E-state index in [1.54, 1.807) is 6.07 Å². The van der Waals surface area contributed by atoms with E-state index in [2.05, 4.69) is 31.9 Å². The molecular weight excluding hydrogens is 379 g/mol. The van der Waals surface area contributed by atoms with E-state index in [1.165, 1.54) is 0 Å². The molecule has 2 aromatic rings. The van der Waals surface area contributed by atoms with Crippen molar-refractivity contribution in [3.63, 3.8) is 0 Å². The molecule has 94 valence electrons. The molecule has 2 rings (SSSR count). The average Bonchev–Trinajstić information content (AvgIpc) is 2.32. The van der Waals surface area contributed by atoms with Gasteiger partial charge in [-0.3, -0.25) is 0 Å². The second-order valence-electron chi connectivity index (χ2n) is 4.02. The van der Waals surface area contributed by atoms with Crippen LogP contribution in [0.4, 0.5) is 0 Å². The van der Waals surface area contributed by atoms with Gasteiger partial charge in [-0.2, -0.15) is 0 Å². The molecule has 0 amide bonds. The molecule has 4 heteroatoms. The second-order valence-corrected chi connectivity index (χ2v) is 6.20. The van der Waals surface area contributed by atoms with Crippen molar-refractivity contribution in [1.82, 2.24) is 0 Å². The molecule has 0 spiro atoms.